The number of rotatable bonds is 5. The number of nitriles is 1. The van der Waals surface area contributed by atoms with Crippen LogP contribution in [0.3, 0.4) is 0 Å². The Morgan fingerprint density at radius 1 is 0.938 bits per heavy atom. The lowest BCUT2D eigenvalue weighted by molar-refractivity contribution is 0.346. The quantitative estimate of drug-likeness (QED) is 0.579. The zero-order chi connectivity index (χ0) is 22.3. The summed E-state index contributed by atoms with van der Waals surface area (Å²) in [6, 6.07) is 22.0. The van der Waals surface area contributed by atoms with E-state index in [4.69, 9.17) is 0 Å². The van der Waals surface area contributed by atoms with Crippen LogP contribution in [-0.4, -0.2) is 26.5 Å². The fourth-order valence-electron chi connectivity index (χ4n) is 5.23. The molecule has 2 saturated heterocycles. The number of fused-ring (bicyclic) bond motifs is 3. The Hall–Kier alpha value is -2.92. The second-order valence-corrected chi connectivity index (χ2v) is 10.5. The number of aryl methyl sites for hydroxylation is 1. The van der Waals surface area contributed by atoms with Crippen molar-refractivity contribution in [2.75, 3.05) is 4.90 Å². The van der Waals surface area contributed by atoms with Crippen LogP contribution in [0.2, 0.25) is 0 Å². The van der Waals surface area contributed by atoms with E-state index in [9.17, 15) is 13.7 Å². The molecule has 0 amide bonds. The van der Waals surface area contributed by atoms with Crippen molar-refractivity contribution in [1.82, 2.24) is 10.3 Å². The number of hydrazine groups is 1. The molecule has 2 fully saturated rings. The van der Waals surface area contributed by atoms with E-state index >= 15 is 0 Å². The SMILES string of the molecule is Cc1ccc(S(=O)(=O)NNC2CC3CCC(C2)N3c2ccc(C#N)c3ccccc23)cc1. The molecule has 2 N–H and O–H groups in total. The van der Waals surface area contributed by atoms with Gasteiger partial charge in [-0.1, -0.05) is 42.0 Å². The highest BCUT2D eigenvalue weighted by atomic mass is 32.2. The molecule has 164 valence electrons. The summed E-state index contributed by atoms with van der Waals surface area (Å²) in [6.07, 6.45) is 3.90. The van der Waals surface area contributed by atoms with Crippen LogP contribution in [0, 0.1) is 18.3 Å². The van der Waals surface area contributed by atoms with Crippen molar-refractivity contribution < 1.29 is 8.42 Å². The second-order valence-electron chi connectivity index (χ2n) is 8.81. The van der Waals surface area contributed by atoms with Gasteiger partial charge in [0.1, 0.15) is 0 Å². The zero-order valence-electron chi connectivity index (χ0n) is 18.0. The largest absolute Gasteiger partial charge is 0.365 e. The first-order valence-electron chi connectivity index (χ1n) is 11.0. The molecular weight excluding hydrogens is 420 g/mol. The van der Waals surface area contributed by atoms with Gasteiger partial charge in [0.15, 0.2) is 0 Å². The van der Waals surface area contributed by atoms with E-state index in [2.05, 4.69) is 33.4 Å². The highest BCUT2D eigenvalue weighted by molar-refractivity contribution is 7.89. The Morgan fingerprint density at radius 2 is 1.59 bits per heavy atom. The predicted molar refractivity (Wildman–Crippen MR) is 126 cm³/mol. The number of sulfonamides is 1. The number of benzene rings is 3. The first kappa shape index (κ1) is 21.0. The van der Waals surface area contributed by atoms with Gasteiger partial charge in [0.2, 0.25) is 0 Å². The average molecular weight is 447 g/mol. The van der Waals surface area contributed by atoms with E-state index in [0.717, 1.165) is 42.0 Å². The maximum Gasteiger partial charge on any atom is 0.253 e. The van der Waals surface area contributed by atoms with Crippen molar-refractivity contribution in [3.05, 3.63) is 71.8 Å². The molecule has 2 unspecified atom stereocenters. The summed E-state index contributed by atoms with van der Waals surface area (Å²) in [5, 5.41) is 11.6. The lowest BCUT2D eigenvalue weighted by atomic mass is 9.95. The van der Waals surface area contributed by atoms with Crippen LogP contribution < -0.4 is 15.2 Å². The summed E-state index contributed by atoms with van der Waals surface area (Å²) in [5.74, 6) is 0. The molecule has 0 aliphatic carbocycles. The van der Waals surface area contributed by atoms with Crippen molar-refractivity contribution in [3.8, 4) is 6.07 Å². The van der Waals surface area contributed by atoms with Crippen molar-refractivity contribution in [3.63, 3.8) is 0 Å². The molecule has 32 heavy (non-hydrogen) atoms. The maximum absolute atomic E-state index is 12.6. The van der Waals surface area contributed by atoms with Crippen LogP contribution in [0.15, 0.2) is 65.6 Å². The lowest BCUT2D eigenvalue weighted by Crippen LogP contribution is -2.53. The van der Waals surface area contributed by atoms with Gasteiger partial charge in [0, 0.05) is 34.6 Å². The van der Waals surface area contributed by atoms with Crippen LogP contribution in [-0.2, 0) is 10.0 Å². The fourth-order valence-corrected chi connectivity index (χ4v) is 6.17. The fraction of sp³-hybridized carbons (Fsp3) is 0.320. The van der Waals surface area contributed by atoms with Crippen LogP contribution >= 0.6 is 0 Å². The smallest absolute Gasteiger partial charge is 0.253 e. The molecule has 6 nitrogen and oxygen atoms in total. The third-order valence-electron chi connectivity index (χ3n) is 6.76. The summed E-state index contributed by atoms with van der Waals surface area (Å²) in [6.45, 7) is 1.93. The van der Waals surface area contributed by atoms with Crippen LogP contribution in [0.4, 0.5) is 5.69 Å². The average Bonchev–Trinajstić information content (AvgIpc) is 3.06. The van der Waals surface area contributed by atoms with E-state index in [1.54, 1.807) is 24.3 Å². The van der Waals surface area contributed by atoms with Gasteiger partial charge in [0.25, 0.3) is 10.0 Å². The van der Waals surface area contributed by atoms with Crippen molar-refractivity contribution in [2.45, 2.75) is 55.6 Å². The van der Waals surface area contributed by atoms with E-state index in [0.29, 0.717) is 17.6 Å². The number of piperidine rings is 1. The zero-order valence-corrected chi connectivity index (χ0v) is 18.8. The van der Waals surface area contributed by atoms with E-state index < -0.39 is 10.0 Å². The lowest BCUT2D eigenvalue weighted by Gasteiger charge is -2.41. The highest BCUT2D eigenvalue weighted by Crippen LogP contribution is 2.42. The first-order valence-corrected chi connectivity index (χ1v) is 12.5. The monoisotopic (exact) mass is 446 g/mol. The Bertz CT molecular complexity index is 1280. The maximum atomic E-state index is 12.6. The summed E-state index contributed by atoms with van der Waals surface area (Å²) in [4.78, 5) is 5.36. The van der Waals surface area contributed by atoms with E-state index in [-0.39, 0.29) is 10.9 Å². The van der Waals surface area contributed by atoms with Crippen molar-refractivity contribution >= 4 is 26.5 Å². The molecule has 2 aliphatic rings. The minimum absolute atomic E-state index is 0.0774. The number of hydrogen-bond acceptors (Lipinski definition) is 5. The van der Waals surface area contributed by atoms with E-state index in [1.165, 1.54) is 5.69 Å². The number of nitrogens with one attached hydrogen (secondary N) is 2. The van der Waals surface area contributed by atoms with Gasteiger partial charge in [-0.3, -0.25) is 0 Å². The Balaban J connectivity index is 1.33. The Labute approximate surface area is 188 Å². The molecule has 0 radical (unpaired) electrons. The third kappa shape index (κ3) is 3.75. The molecule has 7 heteroatoms. The molecular formula is C25H26N4O2S. The minimum Gasteiger partial charge on any atom is -0.365 e. The molecule has 0 spiro atoms. The van der Waals surface area contributed by atoms with Gasteiger partial charge < -0.3 is 4.90 Å². The number of nitrogens with zero attached hydrogens (tertiary/aromatic N) is 2. The summed E-state index contributed by atoms with van der Waals surface area (Å²) >= 11 is 0. The standard InChI is InChI=1S/C25H26N4O2S/c1-17-6-11-22(12-7-17)32(30,31)28-27-19-14-20-9-10-21(15-19)29(20)25-13-8-18(16-26)23-4-2-3-5-24(23)25/h2-8,11-13,19-21,27-28H,9-10,14-15H2,1H3. The van der Waals surface area contributed by atoms with Gasteiger partial charge in [-0.2, -0.15) is 5.26 Å². The number of anilines is 1. The van der Waals surface area contributed by atoms with Crippen molar-refractivity contribution in [1.29, 1.82) is 5.26 Å². The first-order chi connectivity index (χ1) is 15.5. The molecule has 3 aromatic carbocycles. The van der Waals surface area contributed by atoms with Gasteiger partial charge in [0.05, 0.1) is 16.5 Å². The van der Waals surface area contributed by atoms with Gasteiger partial charge in [-0.05, 0) is 56.9 Å². The Morgan fingerprint density at radius 3 is 2.25 bits per heavy atom. The summed E-state index contributed by atoms with van der Waals surface area (Å²) in [7, 11) is -3.60. The normalized spacial score (nSPS) is 22.8. The molecule has 2 aliphatic heterocycles. The van der Waals surface area contributed by atoms with Crippen molar-refractivity contribution in [2.24, 2.45) is 0 Å². The van der Waals surface area contributed by atoms with Crippen LogP contribution in [0.5, 0.6) is 0 Å². The molecule has 2 heterocycles. The van der Waals surface area contributed by atoms with Gasteiger partial charge in [-0.15, -0.1) is 4.83 Å². The molecule has 2 bridgehead atoms. The van der Waals surface area contributed by atoms with Crippen LogP contribution in [0.1, 0.15) is 36.8 Å². The van der Waals surface area contributed by atoms with E-state index in [1.807, 2.05) is 31.2 Å². The highest BCUT2D eigenvalue weighted by Gasteiger charge is 2.41. The molecule has 2 atom stereocenters. The minimum atomic E-state index is -3.60. The predicted octanol–water partition coefficient (Wildman–Crippen LogP) is 4.00. The molecule has 5 rings (SSSR count). The second kappa shape index (κ2) is 8.21. The third-order valence-corrected chi connectivity index (χ3v) is 8.04. The topological polar surface area (TPSA) is 85.2 Å². The summed E-state index contributed by atoms with van der Waals surface area (Å²) < 4.78 is 25.3. The van der Waals surface area contributed by atoms with Gasteiger partial charge in [-0.25, -0.2) is 13.8 Å². The summed E-state index contributed by atoms with van der Waals surface area (Å²) in [5.41, 5.74) is 5.99. The Kier molecular flexibility index (Phi) is 5.38. The van der Waals surface area contributed by atoms with Crippen LogP contribution in [0.25, 0.3) is 10.8 Å². The number of hydrogen-bond donors (Lipinski definition) is 2. The van der Waals surface area contributed by atoms with Gasteiger partial charge >= 0.3 is 0 Å². The molecule has 3 aromatic rings. The molecule has 0 saturated carbocycles. The molecule has 0 aromatic heterocycles.